The highest BCUT2D eigenvalue weighted by Gasteiger charge is 2.25. The van der Waals surface area contributed by atoms with Crippen LogP contribution in [0, 0.1) is 19.8 Å². The lowest BCUT2D eigenvalue weighted by atomic mass is 9.90. The molecule has 0 amide bonds. The van der Waals surface area contributed by atoms with E-state index in [4.69, 9.17) is 16.6 Å². The lowest BCUT2D eigenvalue weighted by Gasteiger charge is -2.33. The van der Waals surface area contributed by atoms with Gasteiger partial charge in [-0.2, -0.15) is 4.98 Å². The molecule has 0 aliphatic carbocycles. The van der Waals surface area contributed by atoms with Crippen LogP contribution >= 0.6 is 22.9 Å². The van der Waals surface area contributed by atoms with Gasteiger partial charge in [0.15, 0.2) is 0 Å². The van der Waals surface area contributed by atoms with Crippen LogP contribution in [-0.2, 0) is 6.42 Å². The maximum atomic E-state index is 6.34. The molecule has 158 valence electrons. The van der Waals surface area contributed by atoms with Crippen molar-refractivity contribution in [3.8, 4) is 11.1 Å². The van der Waals surface area contributed by atoms with Crippen molar-refractivity contribution >= 4 is 39.0 Å². The van der Waals surface area contributed by atoms with Crippen molar-refractivity contribution < 1.29 is 0 Å². The number of thiophene rings is 1. The Bertz CT molecular complexity index is 1210. The Hall–Kier alpha value is -2.43. The molecule has 2 aromatic heterocycles. The molecular formula is C26H26ClN3S. The predicted molar refractivity (Wildman–Crippen MR) is 132 cm³/mol. The zero-order valence-corrected chi connectivity index (χ0v) is 19.5. The Morgan fingerprint density at radius 1 is 1.00 bits per heavy atom. The van der Waals surface area contributed by atoms with Gasteiger partial charge < -0.3 is 4.90 Å². The SMILES string of the molecule is Cc1ccc(-c2csc3nc(Cl)nc(N4CCC(Cc5ccccc5)CC4)c23)c(C)c1. The van der Waals surface area contributed by atoms with Crippen LogP contribution in [0.2, 0.25) is 5.28 Å². The van der Waals surface area contributed by atoms with E-state index in [1.54, 1.807) is 11.3 Å². The maximum Gasteiger partial charge on any atom is 0.225 e. The Labute approximate surface area is 192 Å². The van der Waals surface area contributed by atoms with Crippen LogP contribution in [0.15, 0.2) is 53.9 Å². The number of anilines is 1. The summed E-state index contributed by atoms with van der Waals surface area (Å²) < 4.78 is 0. The minimum absolute atomic E-state index is 0.336. The van der Waals surface area contributed by atoms with Crippen LogP contribution in [0.4, 0.5) is 5.82 Å². The van der Waals surface area contributed by atoms with Crippen molar-refractivity contribution in [3.05, 3.63) is 75.9 Å². The number of aromatic nitrogens is 2. The Kier molecular flexibility index (Phi) is 5.68. The highest BCUT2D eigenvalue weighted by atomic mass is 35.5. The fraction of sp³-hybridized carbons (Fsp3) is 0.308. The smallest absolute Gasteiger partial charge is 0.225 e. The van der Waals surface area contributed by atoms with Crippen LogP contribution in [0.1, 0.15) is 29.5 Å². The van der Waals surface area contributed by atoms with Crippen molar-refractivity contribution in [1.82, 2.24) is 9.97 Å². The molecule has 31 heavy (non-hydrogen) atoms. The molecule has 0 atom stereocenters. The van der Waals surface area contributed by atoms with Gasteiger partial charge in [-0.1, -0.05) is 54.1 Å². The molecule has 0 saturated carbocycles. The zero-order valence-electron chi connectivity index (χ0n) is 17.9. The van der Waals surface area contributed by atoms with Crippen molar-refractivity contribution in [3.63, 3.8) is 0 Å². The summed E-state index contributed by atoms with van der Waals surface area (Å²) in [6, 6.07) is 17.5. The van der Waals surface area contributed by atoms with Gasteiger partial charge in [-0.15, -0.1) is 11.3 Å². The van der Waals surface area contributed by atoms with E-state index < -0.39 is 0 Å². The van der Waals surface area contributed by atoms with E-state index in [1.807, 2.05) is 0 Å². The number of hydrogen-bond acceptors (Lipinski definition) is 4. The molecule has 0 bridgehead atoms. The highest BCUT2D eigenvalue weighted by Crippen LogP contribution is 2.41. The third kappa shape index (κ3) is 4.19. The molecule has 3 heterocycles. The normalized spacial score (nSPS) is 15.0. The molecule has 3 nitrogen and oxygen atoms in total. The molecular weight excluding hydrogens is 422 g/mol. The van der Waals surface area contributed by atoms with E-state index in [2.05, 4.69) is 77.6 Å². The second kappa shape index (κ2) is 8.60. The summed E-state index contributed by atoms with van der Waals surface area (Å²) in [7, 11) is 0. The molecule has 0 spiro atoms. The van der Waals surface area contributed by atoms with Crippen LogP contribution in [0.25, 0.3) is 21.3 Å². The van der Waals surface area contributed by atoms with Gasteiger partial charge in [0.25, 0.3) is 0 Å². The molecule has 0 radical (unpaired) electrons. The van der Waals surface area contributed by atoms with E-state index in [0.717, 1.165) is 35.5 Å². The number of aryl methyl sites for hydroxylation is 2. The van der Waals surface area contributed by atoms with Gasteiger partial charge in [0.2, 0.25) is 5.28 Å². The molecule has 1 aliphatic heterocycles. The number of nitrogens with zero attached hydrogens (tertiary/aromatic N) is 3. The molecule has 0 unspecified atom stereocenters. The zero-order chi connectivity index (χ0) is 21.4. The van der Waals surface area contributed by atoms with E-state index in [0.29, 0.717) is 11.2 Å². The topological polar surface area (TPSA) is 29.0 Å². The number of benzene rings is 2. The van der Waals surface area contributed by atoms with Gasteiger partial charge in [-0.3, -0.25) is 0 Å². The molecule has 1 aliphatic rings. The number of piperidine rings is 1. The number of halogens is 1. The standard InChI is InChI=1S/C26H26ClN3S/c1-17-8-9-21(18(2)14-17)22-16-31-25-23(22)24(28-26(27)29-25)30-12-10-20(11-13-30)15-19-6-4-3-5-7-19/h3-9,14,16,20H,10-13,15H2,1-2H3. The van der Waals surface area contributed by atoms with Crippen molar-refractivity contribution in [2.45, 2.75) is 33.1 Å². The summed E-state index contributed by atoms with van der Waals surface area (Å²) >= 11 is 8.00. The van der Waals surface area contributed by atoms with Gasteiger partial charge in [0.05, 0.1) is 5.39 Å². The van der Waals surface area contributed by atoms with E-state index in [1.165, 1.54) is 40.7 Å². The third-order valence-electron chi connectivity index (χ3n) is 6.34. The second-order valence-corrected chi connectivity index (χ2v) is 9.78. The summed E-state index contributed by atoms with van der Waals surface area (Å²) in [4.78, 5) is 12.7. The quantitative estimate of drug-likeness (QED) is 0.313. The largest absolute Gasteiger partial charge is 0.356 e. The number of hydrogen-bond donors (Lipinski definition) is 0. The van der Waals surface area contributed by atoms with Crippen molar-refractivity contribution in [2.75, 3.05) is 18.0 Å². The Morgan fingerprint density at radius 3 is 2.52 bits per heavy atom. The first kappa shape index (κ1) is 20.5. The molecule has 0 N–H and O–H groups in total. The predicted octanol–water partition coefficient (Wildman–Crippen LogP) is 7.09. The fourth-order valence-electron chi connectivity index (χ4n) is 4.74. The summed E-state index contributed by atoms with van der Waals surface area (Å²) in [6.07, 6.45) is 3.49. The first-order chi connectivity index (χ1) is 15.1. The van der Waals surface area contributed by atoms with Gasteiger partial charge in [-0.25, -0.2) is 4.98 Å². The fourth-order valence-corrected chi connectivity index (χ4v) is 5.88. The van der Waals surface area contributed by atoms with E-state index in [9.17, 15) is 0 Å². The van der Waals surface area contributed by atoms with Crippen LogP contribution in [0.5, 0.6) is 0 Å². The lowest BCUT2D eigenvalue weighted by Crippen LogP contribution is -2.35. The van der Waals surface area contributed by atoms with E-state index >= 15 is 0 Å². The highest BCUT2D eigenvalue weighted by molar-refractivity contribution is 7.17. The van der Waals surface area contributed by atoms with Gasteiger partial charge in [-0.05, 0) is 67.3 Å². The average molecular weight is 448 g/mol. The van der Waals surface area contributed by atoms with Gasteiger partial charge >= 0.3 is 0 Å². The van der Waals surface area contributed by atoms with Crippen molar-refractivity contribution in [1.29, 1.82) is 0 Å². The second-order valence-electron chi connectivity index (χ2n) is 8.58. The molecule has 2 aromatic carbocycles. The summed E-state index contributed by atoms with van der Waals surface area (Å²) in [5, 5.41) is 3.68. The Balaban J connectivity index is 1.45. The number of fused-ring (bicyclic) bond motifs is 1. The molecule has 5 rings (SSSR count). The third-order valence-corrected chi connectivity index (χ3v) is 7.38. The molecule has 4 aromatic rings. The minimum Gasteiger partial charge on any atom is -0.356 e. The summed E-state index contributed by atoms with van der Waals surface area (Å²) in [6.45, 7) is 6.32. The van der Waals surface area contributed by atoms with Gasteiger partial charge in [0, 0.05) is 24.0 Å². The maximum absolute atomic E-state index is 6.34. The molecule has 1 fully saturated rings. The average Bonchev–Trinajstić information content (AvgIpc) is 3.18. The van der Waals surface area contributed by atoms with Crippen molar-refractivity contribution in [2.24, 2.45) is 5.92 Å². The molecule has 5 heteroatoms. The first-order valence-corrected chi connectivity index (χ1v) is 12.2. The Morgan fingerprint density at radius 2 is 1.77 bits per heavy atom. The monoisotopic (exact) mass is 447 g/mol. The number of rotatable bonds is 4. The lowest BCUT2D eigenvalue weighted by molar-refractivity contribution is 0.403. The summed E-state index contributed by atoms with van der Waals surface area (Å²) in [5.74, 6) is 1.71. The van der Waals surface area contributed by atoms with E-state index in [-0.39, 0.29) is 0 Å². The molecule has 1 saturated heterocycles. The van der Waals surface area contributed by atoms with Gasteiger partial charge in [0.1, 0.15) is 10.6 Å². The van der Waals surface area contributed by atoms with Crippen LogP contribution < -0.4 is 4.90 Å². The van der Waals surface area contributed by atoms with Crippen LogP contribution in [0.3, 0.4) is 0 Å². The first-order valence-electron chi connectivity index (χ1n) is 10.9. The van der Waals surface area contributed by atoms with Crippen LogP contribution in [-0.4, -0.2) is 23.1 Å². The summed E-state index contributed by atoms with van der Waals surface area (Å²) in [5.41, 5.74) is 6.46. The minimum atomic E-state index is 0.336.